The van der Waals surface area contributed by atoms with Crippen LogP contribution >= 0.6 is 15.9 Å². The molecular weight excluding hydrogens is 294 g/mol. The molecule has 3 rings (SSSR count). The van der Waals surface area contributed by atoms with Crippen LogP contribution in [0.2, 0.25) is 0 Å². The van der Waals surface area contributed by atoms with Crippen LogP contribution in [0.4, 0.5) is 5.69 Å². The van der Waals surface area contributed by atoms with Crippen molar-refractivity contribution < 1.29 is 4.52 Å². The monoisotopic (exact) mass is 307 g/mol. The highest BCUT2D eigenvalue weighted by Gasteiger charge is 2.22. The first kappa shape index (κ1) is 11.7. The Bertz CT molecular complexity index is 541. The third kappa shape index (κ3) is 2.27. The summed E-state index contributed by atoms with van der Waals surface area (Å²) < 4.78 is 6.25. The molecule has 0 atom stereocenters. The third-order valence-electron chi connectivity index (χ3n) is 3.33. The van der Waals surface area contributed by atoms with Gasteiger partial charge in [0.2, 0.25) is 0 Å². The number of aromatic nitrogens is 2. The minimum atomic E-state index is 0.465. The van der Waals surface area contributed by atoms with E-state index >= 15 is 0 Å². The van der Waals surface area contributed by atoms with Gasteiger partial charge in [0.25, 0.3) is 5.89 Å². The molecule has 0 aliphatic heterocycles. The van der Waals surface area contributed by atoms with E-state index in [2.05, 4.69) is 26.1 Å². The summed E-state index contributed by atoms with van der Waals surface area (Å²) >= 11 is 3.41. The molecule has 0 spiro atoms. The van der Waals surface area contributed by atoms with Crippen molar-refractivity contribution in [1.82, 2.24) is 10.1 Å². The molecule has 0 saturated heterocycles. The molecule has 0 bridgehead atoms. The number of halogens is 1. The second-order valence-corrected chi connectivity index (χ2v) is 5.63. The van der Waals surface area contributed by atoms with Crippen molar-refractivity contribution in [2.45, 2.75) is 31.6 Å². The van der Waals surface area contributed by atoms with Gasteiger partial charge in [0, 0.05) is 21.6 Å². The first-order valence-electron chi connectivity index (χ1n) is 6.12. The van der Waals surface area contributed by atoms with Gasteiger partial charge in [0.1, 0.15) is 0 Å². The Kier molecular flexibility index (Phi) is 3.07. The van der Waals surface area contributed by atoms with Gasteiger partial charge in [0.05, 0.1) is 0 Å². The number of nitrogens with zero attached hydrogens (tertiary/aromatic N) is 2. The molecule has 5 heteroatoms. The zero-order chi connectivity index (χ0) is 12.5. The van der Waals surface area contributed by atoms with Crippen LogP contribution in [0.15, 0.2) is 27.2 Å². The molecule has 0 amide bonds. The Labute approximate surface area is 114 Å². The minimum Gasteiger partial charge on any atom is -0.399 e. The summed E-state index contributed by atoms with van der Waals surface area (Å²) in [6, 6.07) is 5.62. The smallest absolute Gasteiger partial charge is 0.258 e. The van der Waals surface area contributed by atoms with E-state index in [0.29, 0.717) is 17.5 Å². The molecule has 1 aliphatic carbocycles. The second-order valence-electron chi connectivity index (χ2n) is 4.71. The van der Waals surface area contributed by atoms with E-state index in [0.717, 1.165) is 15.9 Å². The summed E-state index contributed by atoms with van der Waals surface area (Å²) in [5, 5.41) is 4.09. The highest BCUT2D eigenvalue weighted by molar-refractivity contribution is 9.10. The predicted octanol–water partition coefficient (Wildman–Crippen LogP) is 3.74. The van der Waals surface area contributed by atoms with Gasteiger partial charge >= 0.3 is 0 Å². The zero-order valence-electron chi connectivity index (χ0n) is 9.90. The number of hydrogen-bond donors (Lipinski definition) is 1. The summed E-state index contributed by atoms with van der Waals surface area (Å²) in [7, 11) is 0. The minimum absolute atomic E-state index is 0.465. The molecular formula is C13H14BrN3O. The highest BCUT2D eigenvalue weighted by atomic mass is 79.9. The Morgan fingerprint density at radius 2 is 2.00 bits per heavy atom. The summed E-state index contributed by atoms with van der Waals surface area (Å²) in [6.45, 7) is 0. The van der Waals surface area contributed by atoms with Crippen LogP contribution in [-0.2, 0) is 0 Å². The van der Waals surface area contributed by atoms with Crippen molar-refractivity contribution in [3.05, 3.63) is 28.5 Å². The average Bonchev–Trinajstić information content (AvgIpc) is 2.99. The lowest BCUT2D eigenvalue weighted by Crippen LogP contribution is -1.94. The molecule has 2 N–H and O–H groups in total. The van der Waals surface area contributed by atoms with Crippen LogP contribution in [-0.4, -0.2) is 10.1 Å². The molecule has 18 heavy (non-hydrogen) atoms. The Morgan fingerprint density at radius 1 is 1.22 bits per heavy atom. The number of rotatable bonds is 2. The number of hydrogen-bond acceptors (Lipinski definition) is 4. The molecule has 1 saturated carbocycles. The first-order chi connectivity index (χ1) is 8.72. The van der Waals surface area contributed by atoms with Crippen molar-refractivity contribution in [1.29, 1.82) is 0 Å². The Balaban J connectivity index is 1.92. The zero-order valence-corrected chi connectivity index (χ0v) is 11.5. The SMILES string of the molecule is Nc1cc(Br)cc(-c2nc(C3CCCC3)no2)c1. The normalized spacial score (nSPS) is 16.3. The molecule has 94 valence electrons. The van der Waals surface area contributed by atoms with Gasteiger partial charge in [-0.3, -0.25) is 0 Å². The van der Waals surface area contributed by atoms with Crippen molar-refractivity contribution in [2.24, 2.45) is 0 Å². The van der Waals surface area contributed by atoms with Gasteiger partial charge < -0.3 is 10.3 Å². The fourth-order valence-electron chi connectivity index (χ4n) is 2.44. The van der Waals surface area contributed by atoms with Crippen molar-refractivity contribution in [2.75, 3.05) is 5.73 Å². The molecule has 1 aromatic heterocycles. The van der Waals surface area contributed by atoms with E-state index in [1.54, 1.807) is 0 Å². The Hall–Kier alpha value is -1.36. The van der Waals surface area contributed by atoms with Crippen molar-refractivity contribution in [3.63, 3.8) is 0 Å². The van der Waals surface area contributed by atoms with E-state index in [9.17, 15) is 0 Å². The molecule has 0 unspecified atom stereocenters. The van der Waals surface area contributed by atoms with Gasteiger partial charge in [-0.1, -0.05) is 33.9 Å². The van der Waals surface area contributed by atoms with E-state index in [-0.39, 0.29) is 0 Å². The van der Waals surface area contributed by atoms with E-state index in [4.69, 9.17) is 10.3 Å². The van der Waals surface area contributed by atoms with Gasteiger partial charge in [-0.25, -0.2) is 0 Å². The van der Waals surface area contributed by atoms with Crippen LogP contribution in [0.1, 0.15) is 37.4 Å². The molecule has 4 nitrogen and oxygen atoms in total. The third-order valence-corrected chi connectivity index (χ3v) is 3.79. The lowest BCUT2D eigenvalue weighted by Gasteiger charge is -2.00. The number of nitrogens with two attached hydrogens (primary N) is 1. The first-order valence-corrected chi connectivity index (χ1v) is 6.92. The lowest BCUT2D eigenvalue weighted by atomic mass is 10.1. The van der Waals surface area contributed by atoms with Crippen LogP contribution in [0.3, 0.4) is 0 Å². The van der Waals surface area contributed by atoms with Gasteiger partial charge in [-0.2, -0.15) is 4.98 Å². The predicted molar refractivity (Wildman–Crippen MR) is 73.1 cm³/mol. The fraction of sp³-hybridized carbons (Fsp3) is 0.385. The molecule has 1 aromatic carbocycles. The molecule has 0 radical (unpaired) electrons. The van der Waals surface area contributed by atoms with Gasteiger partial charge in [-0.05, 0) is 31.0 Å². The average molecular weight is 308 g/mol. The second kappa shape index (κ2) is 4.72. The largest absolute Gasteiger partial charge is 0.399 e. The maximum atomic E-state index is 5.81. The van der Waals surface area contributed by atoms with Gasteiger partial charge in [0.15, 0.2) is 5.82 Å². The standard InChI is InChI=1S/C13H14BrN3O/c14-10-5-9(6-11(15)7-10)13-16-12(17-18-13)8-3-1-2-4-8/h5-8H,1-4,15H2. The van der Waals surface area contributed by atoms with E-state index in [1.807, 2.05) is 18.2 Å². The number of anilines is 1. The van der Waals surface area contributed by atoms with Crippen LogP contribution in [0.5, 0.6) is 0 Å². The quantitative estimate of drug-likeness (QED) is 0.858. The van der Waals surface area contributed by atoms with E-state index in [1.165, 1.54) is 25.7 Å². The summed E-state index contributed by atoms with van der Waals surface area (Å²) in [5.74, 6) is 1.85. The molecule has 1 heterocycles. The summed E-state index contributed by atoms with van der Waals surface area (Å²) in [4.78, 5) is 4.49. The van der Waals surface area contributed by atoms with Crippen molar-refractivity contribution >= 4 is 21.6 Å². The highest BCUT2D eigenvalue weighted by Crippen LogP contribution is 2.33. The topological polar surface area (TPSA) is 64.9 Å². The van der Waals surface area contributed by atoms with Gasteiger partial charge in [-0.15, -0.1) is 0 Å². The fourth-order valence-corrected chi connectivity index (χ4v) is 2.95. The lowest BCUT2D eigenvalue weighted by molar-refractivity contribution is 0.416. The van der Waals surface area contributed by atoms with Crippen molar-refractivity contribution in [3.8, 4) is 11.5 Å². The van der Waals surface area contributed by atoms with E-state index < -0.39 is 0 Å². The summed E-state index contributed by atoms with van der Waals surface area (Å²) in [6.07, 6.45) is 4.86. The Morgan fingerprint density at radius 3 is 2.72 bits per heavy atom. The van der Waals surface area contributed by atoms with Crippen LogP contribution in [0, 0.1) is 0 Å². The molecule has 1 aliphatic rings. The maximum absolute atomic E-state index is 5.81. The van der Waals surface area contributed by atoms with Crippen LogP contribution < -0.4 is 5.73 Å². The number of nitrogen functional groups attached to an aromatic ring is 1. The maximum Gasteiger partial charge on any atom is 0.258 e. The summed E-state index contributed by atoms with van der Waals surface area (Å²) in [5.41, 5.74) is 7.35. The molecule has 2 aromatic rings. The number of benzene rings is 1. The molecule has 1 fully saturated rings. The van der Waals surface area contributed by atoms with Crippen LogP contribution in [0.25, 0.3) is 11.5 Å².